The maximum Gasteiger partial charge on any atom is 0.350 e. The number of morpholine rings is 1. The average molecular weight is 454 g/mol. The van der Waals surface area contributed by atoms with Crippen LogP contribution in [0.2, 0.25) is 0 Å². The zero-order valence-electron chi connectivity index (χ0n) is 17.0. The summed E-state index contributed by atoms with van der Waals surface area (Å²) in [6.45, 7) is 5.86. The van der Waals surface area contributed by atoms with Crippen molar-refractivity contribution in [3.63, 3.8) is 0 Å². The first-order valence-electron chi connectivity index (χ1n) is 9.24. The highest BCUT2D eigenvalue weighted by atomic mass is 32.2. The van der Waals surface area contributed by atoms with Crippen LogP contribution in [-0.4, -0.2) is 62.0 Å². The number of carbonyl (C=O) groups is 2. The van der Waals surface area contributed by atoms with Gasteiger partial charge in [-0.1, -0.05) is 11.3 Å². The van der Waals surface area contributed by atoms with Crippen LogP contribution in [0.15, 0.2) is 29.2 Å². The number of nitrogens with zero attached hydrogens (tertiary/aromatic N) is 2. The van der Waals surface area contributed by atoms with Crippen LogP contribution in [0.25, 0.3) is 0 Å². The van der Waals surface area contributed by atoms with Gasteiger partial charge in [-0.3, -0.25) is 10.1 Å². The van der Waals surface area contributed by atoms with Gasteiger partial charge in [-0.15, -0.1) is 0 Å². The zero-order valence-corrected chi connectivity index (χ0v) is 18.7. The number of methoxy groups -OCH3 is 1. The molecule has 2 aromatic rings. The summed E-state index contributed by atoms with van der Waals surface area (Å²) in [6, 6.07) is 5.69. The second-order valence-electron chi connectivity index (χ2n) is 6.98. The van der Waals surface area contributed by atoms with Gasteiger partial charge in [0.2, 0.25) is 10.0 Å². The molecule has 11 heteroatoms. The number of hydrogen-bond donors (Lipinski definition) is 1. The minimum absolute atomic E-state index is 0.110. The Labute approximate surface area is 179 Å². The predicted molar refractivity (Wildman–Crippen MR) is 111 cm³/mol. The van der Waals surface area contributed by atoms with Gasteiger partial charge in [-0.2, -0.15) is 4.31 Å². The Kier molecular flexibility index (Phi) is 6.56. The van der Waals surface area contributed by atoms with Crippen LogP contribution in [0.4, 0.5) is 5.13 Å². The Morgan fingerprint density at radius 3 is 2.37 bits per heavy atom. The fraction of sp³-hybridized carbons (Fsp3) is 0.421. The molecule has 0 spiro atoms. The van der Waals surface area contributed by atoms with Crippen molar-refractivity contribution in [3.8, 4) is 0 Å². The minimum Gasteiger partial charge on any atom is -0.465 e. The molecule has 1 N–H and O–H groups in total. The van der Waals surface area contributed by atoms with Gasteiger partial charge in [-0.25, -0.2) is 18.2 Å². The first kappa shape index (κ1) is 22.3. The maximum atomic E-state index is 12.9. The van der Waals surface area contributed by atoms with Crippen molar-refractivity contribution in [1.82, 2.24) is 9.29 Å². The zero-order chi connectivity index (χ0) is 22.1. The van der Waals surface area contributed by atoms with E-state index in [0.29, 0.717) is 10.6 Å². The first-order valence-corrected chi connectivity index (χ1v) is 11.5. The second kappa shape index (κ2) is 8.80. The van der Waals surface area contributed by atoms with Gasteiger partial charge in [0.25, 0.3) is 5.91 Å². The number of thiazole rings is 1. The third-order valence-electron chi connectivity index (χ3n) is 4.53. The summed E-state index contributed by atoms with van der Waals surface area (Å²) in [5.74, 6) is -0.982. The molecule has 1 aliphatic rings. The molecule has 2 unspecified atom stereocenters. The van der Waals surface area contributed by atoms with E-state index in [2.05, 4.69) is 15.0 Å². The van der Waals surface area contributed by atoms with Crippen molar-refractivity contribution < 1.29 is 27.5 Å². The van der Waals surface area contributed by atoms with Gasteiger partial charge in [0.1, 0.15) is 4.88 Å². The monoisotopic (exact) mass is 453 g/mol. The second-order valence-corrected chi connectivity index (χ2v) is 9.92. The molecule has 1 saturated heterocycles. The molecule has 0 radical (unpaired) electrons. The number of anilines is 1. The largest absolute Gasteiger partial charge is 0.465 e. The fourth-order valence-electron chi connectivity index (χ4n) is 3.16. The van der Waals surface area contributed by atoms with Gasteiger partial charge in [0.05, 0.1) is 29.9 Å². The molecule has 1 amide bonds. The third kappa shape index (κ3) is 4.69. The molecule has 1 aliphatic heterocycles. The SMILES string of the molecule is COC(=O)c1sc(NC(=O)c2ccc(S(=O)(=O)N3CC(C)OC(C)C3)cc2)nc1C. The summed E-state index contributed by atoms with van der Waals surface area (Å²) in [7, 11) is -2.41. The lowest BCUT2D eigenvalue weighted by atomic mass is 10.2. The van der Waals surface area contributed by atoms with Crippen molar-refractivity contribution >= 4 is 38.4 Å². The fourth-order valence-corrected chi connectivity index (χ4v) is 5.63. The smallest absolute Gasteiger partial charge is 0.350 e. The van der Waals surface area contributed by atoms with Crippen LogP contribution >= 0.6 is 11.3 Å². The molecule has 3 rings (SSSR count). The highest BCUT2D eigenvalue weighted by Gasteiger charge is 2.32. The van der Waals surface area contributed by atoms with Crippen LogP contribution in [-0.2, 0) is 19.5 Å². The minimum atomic E-state index is -3.68. The molecule has 2 atom stereocenters. The number of nitrogens with one attached hydrogen (secondary N) is 1. The van der Waals surface area contributed by atoms with Crippen LogP contribution in [0.3, 0.4) is 0 Å². The lowest BCUT2D eigenvalue weighted by molar-refractivity contribution is -0.0440. The number of ether oxygens (including phenoxy) is 2. The molecule has 1 aromatic carbocycles. The number of hydrogen-bond acceptors (Lipinski definition) is 8. The Morgan fingerprint density at radius 2 is 1.80 bits per heavy atom. The molecule has 162 valence electrons. The topological polar surface area (TPSA) is 115 Å². The van der Waals surface area contributed by atoms with Crippen molar-refractivity contribution in [2.45, 2.75) is 37.9 Å². The molecule has 1 fully saturated rings. The summed E-state index contributed by atoms with van der Waals surface area (Å²) in [5, 5.41) is 2.87. The van der Waals surface area contributed by atoms with E-state index >= 15 is 0 Å². The molecule has 0 saturated carbocycles. The highest BCUT2D eigenvalue weighted by molar-refractivity contribution is 7.89. The molecular weight excluding hydrogens is 430 g/mol. The van der Waals surface area contributed by atoms with Crippen LogP contribution < -0.4 is 5.32 Å². The van der Waals surface area contributed by atoms with Crippen molar-refractivity contribution in [1.29, 1.82) is 0 Å². The van der Waals surface area contributed by atoms with Gasteiger partial charge in [-0.05, 0) is 45.0 Å². The molecule has 30 heavy (non-hydrogen) atoms. The highest BCUT2D eigenvalue weighted by Crippen LogP contribution is 2.25. The number of esters is 1. The van der Waals surface area contributed by atoms with Crippen molar-refractivity contribution in [2.24, 2.45) is 0 Å². The Balaban J connectivity index is 1.74. The summed E-state index contributed by atoms with van der Waals surface area (Å²) in [4.78, 5) is 28.7. The molecular formula is C19H23N3O6S2. The molecule has 2 heterocycles. The summed E-state index contributed by atoms with van der Waals surface area (Å²) >= 11 is 1.01. The van der Waals surface area contributed by atoms with Gasteiger partial charge >= 0.3 is 5.97 Å². The first-order chi connectivity index (χ1) is 14.1. The van der Waals surface area contributed by atoms with E-state index in [1.165, 1.54) is 35.7 Å². The van der Waals surface area contributed by atoms with E-state index in [1.54, 1.807) is 6.92 Å². The average Bonchev–Trinajstić information content (AvgIpc) is 3.06. The van der Waals surface area contributed by atoms with E-state index in [-0.39, 0.29) is 40.9 Å². The van der Waals surface area contributed by atoms with Gasteiger partial charge in [0.15, 0.2) is 5.13 Å². The van der Waals surface area contributed by atoms with E-state index in [9.17, 15) is 18.0 Å². The number of carbonyl (C=O) groups excluding carboxylic acids is 2. The van der Waals surface area contributed by atoms with E-state index in [1.807, 2.05) is 13.8 Å². The quantitative estimate of drug-likeness (QED) is 0.691. The van der Waals surface area contributed by atoms with Crippen LogP contribution in [0.5, 0.6) is 0 Å². The van der Waals surface area contributed by atoms with Crippen LogP contribution in [0, 0.1) is 6.92 Å². The van der Waals surface area contributed by atoms with E-state index < -0.39 is 21.9 Å². The Hall–Kier alpha value is -2.34. The summed E-state index contributed by atoms with van der Waals surface area (Å²) < 4.78 is 37.5. The standard InChI is InChI=1S/C19H23N3O6S2/c1-11-9-22(10-12(2)28-11)30(25,26)15-7-5-14(6-8-15)17(23)21-19-20-13(3)16(29-19)18(24)27-4/h5-8,11-12H,9-10H2,1-4H3,(H,20,21,23). The molecule has 0 bridgehead atoms. The molecule has 9 nitrogen and oxygen atoms in total. The summed E-state index contributed by atoms with van der Waals surface area (Å²) in [6.07, 6.45) is -0.379. The number of aryl methyl sites for hydroxylation is 1. The van der Waals surface area contributed by atoms with Crippen LogP contribution in [0.1, 0.15) is 39.6 Å². The normalized spacial score (nSPS) is 20.0. The van der Waals surface area contributed by atoms with E-state index in [4.69, 9.17) is 4.74 Å². The third-order valence-corrected chi connectivity index (χ3v) is 7.43. The van der Waals surface area contributed by atoms with Gasteiger partial charge < -0.3 is 9.47 Å². The van der Waals surface area contributed by atoms with Gasteiger partial charge in [0, 0.05) is 18.7 Å². The Morgan fingerprint density at radius 1 is 1.20 bits per heavy atom. The molecule has 1 aromatic heterocycles. The maximum absolute atomic E-state index is 12.9. The summed E-state index contributed by atoms with van der Waals surface area (Å²) in [5.41, 5.74) is 0.725. The Bertz CT molecular complexity index is 1040. The number of amides is 1. The number of rotatable bonds is 5. The number of sulfonamides is 1. The van der Waals surface area contributed by atoms with E-state index in [0.717, 1.165) is 11.3 Å². The predicted octanol–water partition coefficient (Wildman–Crippen LogP) is 2.29. The number of benzene rings is 1. The lowest BCUT2D eigenvalue weighted by Crippen LogP contribution is -2.48. The number of aromatic nitrogens is 1. The lowest BCUT2D eigenvalue weighted by Gasteiger charge is -2.34. The van der Waals surface area contributed by atoms with Crippen molar-refractivity contribution in [3.05, 3.63) is 40.4 Å². The van der Waals surface area contributed by atoms with Crippen molar-refractivity contribution in [2.75, 3.05) is 25.5 Å². The molecule has 0 aliphatic carbocycles.